The highest BCUT2D eigenvalue weighted by molar-refractivity contribution is 6.05. The zero-order valence-corrected chi connectivity index (χ0v) is 13.8. The molecule has 0 saturated carbocycles. The van der Waals surface area contributed by atoms with E-state index in [2.05, 4.69) is 15.4 Å². The van der Waals surface area contributed by atoms with Crippen LogP contribution in [-0.4, -0.2) is 25.2 Å². The second-order valence-electron chi connectivity index (χ2n) is 5.82. The maximum absolute atomic E-state index is 12.6. The van der Waals surface area contributed by atoms with Crippen molar-refractivity contribution in [3.8, 4) is 0 Å². The molecule has 0 aliphatic carbocycles. The summed E-state index contributed by atoms with van der Waals surface area (Å²) in [7, 11) is 1.89. The average molecular weight is 331 g/mol. The Balaban J connectivity index is 1.52. The molecule has 0 fully saturated rings. The van der Waals surface area contributed by atoms with Crippen LogP contribution in [-0.2, 0) is 13.6 Å². The van der Waals surface area contributed by atoms with E-state index in [1.165, 1.54) is 0 Å². The van der Waals surface area contributed by atoms with Crippen LogP contribution in [0.1, 0.15) is 16.2 Å². The Morgan fingerprint density at radius 1 is 1.12 bits per heavy atom. The van der Waals surface area contributed by atoms with Gasteiger partial charge in [0, 0.05) is 36.4 Å². The monoisotopic (exact) mass is 331 g/mol. The van der Waals surface area contributed by atoms with Crippen molar-refractivity contribution in [1.29, 1.82) is 0 Å². The number of anilines is 1. The molecule has 4 rings (SSSR count). The van der Waals surface area contributed by atoms with Crippen molar-refractivity contribution in [2.24, 2.45) is 7.05 Å². The maximum Gasteiger partial charge on any atom is 0.273 e. The third kappa shape index (κ3) is 3.01. The second-order valence-corrected chi connectivity index (χ2v) is 5.82. The minimum absolute atomic E-state index is 0.179. The molecule has 4 aromatic rings. The molecule has 0 radical (unpaired) electrons. The van der Waals surface area contributed by atoms with Gasteiger partial charge in [0.15, 0.2) is 5.82 Å². The topological polar surface area (TPSA) is 64.7 Å². The van der Waals surface area contributed by atoms with Crippen molar-refractivity contribution in [2.75, 3.05) is 5.32 Å². The number of nitrogens with one attached hydrogen (secondary N) is 1. The first-order valence-corrected chi connectivity index (χ1v) is 8.00. The Labute approximate surface area is 144 Å². The van der Waals surface area contributed by atoms with Crippen molar-refractivity contribution in [3.63, 3.8) is 0 Å². The normalized spacial score (nSPS) is 10.9. The van der Waals surface area contributed by atoms with Gasteiger partial charge >= 0.3 is 0 Å². The number of carbonyl (C=O) groups is 1. The van der Waals surface area contributed by atoms with Crippen LogP contribution < -0.4 is 5.32 Å². The summed E-state index contributed by atoms with van der Waals surface area (Å²) in [5.41, 5.74) is 2.53. The maximum atomic E-state index is 12.6. The summed E-state index contributed by atoms with van der Waals surface area (Å²) in [6, 6.07) is 17.3. The number of benzene rings is 1. The van der Waals surface area contributed by atoms with Gasteiger partial charge in [0.2, 0.25) is 0 Å². The summed E-state index contributed by atoms with van der Waals surface area (Å²) in [6.45, 7) is 0.560. The van der Waals surface area contributed by atoms with Gasteiger partial charge in [0.1, 0.15) is 5.69 Å². The third-order valence-corrected chi connectivity index (χ3v) is 4.12. The number of rotatable bonds is 4. The van der Waals surface area contributed by atoms with Crippen molar-refractivity contribution in [2.45, 2.75) is 6.54 Å². The van der Waals surface area contributed by atoms with Gasteiger partial charge in [-0.1, -0.05) is 24.3 Å². The van der Waals surface area contributed by atoms with Crippen LogP contribution in [0.2, 0.25) is 0 Å². The van der Waals surface area contributed by atoms with Gasteiger partial charge in [-0.3, -0.25) is 14.5 Å². The van der Waals surface area contributed by atoms with Crippen LogP contribution in [0.4, 0.5) is 5.82 Å². The summed E-state index contributed by atoms with van der Waals surface area (Å²) >= 11 is 0. The lowest BCUT2D eigenvalue weighted by Crippen LogP contribution is -2.16. The van der Waals surface area contributed by atoms with E-state index in [0.29, 0.717) is 18.1 Å². The molecule has 1 aromatic carbocycles. The summed E-state index contributed by atoms with van der Waals surface area (Å²) in [4.78, 5) is 16.9. The highest BCUT2D eigenvalue weighted by Gasteiger charge is 2.14. The molecule has 0 atom stereocenters. The Morgan fingerprint density at radius 3 is 2.76 bits per heavy atom. The highest BCUT2D eigenvalue weighted by Crippen LogP contribution is 2.19. The third-order valence-electron chi connectivity index (χ3n) is 4.12. The first-order chi connectivity index (χ1) is 12.2. The predicted molar refractivity (Wildman–Crippen MR) is 96.4 cm³/mol. The molecule has 3 heterocycles. The molecule has 0 bridgehead atoms. The highest BCUT2D eigenvalue weighted by atomic mass is 16.2. The molecule has 0 unspecified atom stereocenters. The van der Waals surface area contributed by atoms with Gasteiger partial charge in [-0.15, -0.1) is 0 Å². The summed E-state index contributed by atoms with van der Waals surface area (Å²) in [5.74, 6) is 0.341. The molecule has 3 aromatic heterocycles. The molecule has 1 amide bonds. The Bertz CT molecular complexity index is 1030. The summed E-state index contributed by atoms with van der Waals surface area (Å²) in [6.07, 6.45) is 3.58. The molecule has 0 aliphatic rings. The molecular weight excluding hydrogens is 314 g/mol. The molecule has 25 heavy (non-hydrogen) atoms. The largest absolute Gasteiger partial charge is 0.340 e. The van der Waals surface area contributed by atoms with Gasteiger partial charge < -0.3 is 9.88 Å². The van der Waals surface area contributed by atoms with Crippen LogP contribution in [0.3, 0.4) is 0 Å². The zero-order valence-electron chi connectivity index (χ0n) is 13.8. The number of aryl methyl sites for hydroxylation is 1. The average Bonchev–Trinajstić information content (AvgIpc) is 3.20. The van der Waals surface area contributed by atoms with E-state index in [1.807, 2.05) is 66.3 Å². The number of hydrogen-bond acceptors (Lipinski definition) is 3. The van der Waals surface area contributed by atoms with Gasteiger partial charge in [0.25, 0.3) is 5.91 Å². The van der Waals surface area contributed by atoms with E-state index in [-0.39, 0.29) is 5.91 Å². The smallest absolute Gasteiger partial charge is 0.273 e. The Hall–Kier alpha value is -3.41. The number of hydrogen-bond donors (Lipinski definition) is 1. The molecule has 6 heteroatoms. The second kappa shape index (κ2) is 6.24. The molecule has 1 N–H and O–H groups in total. The van der Waals surface area contributed by atoms with Gasteiger partial charge in [0.05, 0.1) is 12.2 Å². The molecule has 124 valence electrons. The van der Waals surface area contributed by atoms with Crippen molar-refractivity contribution < 1.29 is 4.79 Å². The number of aromatic nitrogens is 4. The lowest BCUT2D eigenvalue weighted by Gasteiger charge is -2.04. The standard InChI is InChI=1S/C19H17N5O/c1-23-16-8-3-2-6-14(16)12-17(23)19(25)21-18-9-11-24(22-18)13-15-7-4-5-10-20-15/h2-12H,13H2,1H3,(H,21,22,25). The fourth-order valence-electron chi connectivity index (χ4n) is 2.86. The molecule has 0 spiro atoms. The molecule has 0 saturated heterocycles. The van der Waals surface area contributed by atoms with E-state index < -0.39 is 0 Å². The summed E-state index contributed by atoms with van der Waals surface area (Å²) in [5, 5.41) is 8.28. The lowest BCUT2D eigenvalue weighted by molar-refractivity contribution is 0.101. The van der Waals surface area contributed by atoms with Crippen LogP contribution in [0.25, 0.3) is 10.9 Å². The van der Waals surface area contributed by atoms with Gasteiger partial charge in [-0.2, -0.15) is 5.10 Å². The minimum atomic E-state index is -0.179. The van der Waals surface area contributed by atoms with Crippen molar-refractivity contribution in [3.05, 3.63) is 78.4 Å². The minimum Gasteiger partial charge on any atom is -0.340 e. The van der Waals surface area contributed by atoms with Crippen molar-refractivity contribution >= 4 is 22.6 Å². The predicted octanol–water partition coefficient (Wildman–Crippen LogP) is 3.07. The number of fused-ring (bicyclic) bond motifs is 1. The van der Waals surface area contributed by atoms with E-state index in [0.717, 1.165) is 16.6 Å². The SMILES string of the molecule is Cn1c(C(=O)Nc2ccn(Cc3ccccn3)n2)cc2ccccc21. The number of carbonyl (C=O) groups excluding carboxylic acids is 1. The van der Waals surface area contributed by atoms with E-state index in [4.69, 9.17) is 0 Å². The van der Waals surface area contributed by atoms with E-state index >= 15 is 0 Å². The molecular formula is C19H17N5O. The fourth-order valence-corrected chi connectivity index (χ4v) is 2.86. The first kappa shape index (κ1) is 15.1. The lowest BCUT2D eigenvalue weighted by atomic mass is 10.2. The molecule has 0 aliphatic heterocycles. The van der Waals surface area contributed by atoms with Crippen LogP contribution in [0.5, 0.6) is 0 Å². The number of pyridine rings is 1. The van der Waals surface area contributed by atoms with E-state index in [1.54, 1.807) is 16.9 Å². The van der Waals surface area contributed by atoms with Gasteiger partial charge in [-0.05, 0) is 24.3 Å². The zero-order chi connectivity index (χ0) is 17.2. The number of para-hydroxylation sites is 1. The number of nitrogens with zero attached hydrogens (tertiary/aromatic N) is 4. The Morgan fingerprint density at radius 2 is 1.96 bits per heavy atom. The fraction of sp³-hybridized carbons (Fsp3) is 0.105. The van der Waals surface area contributed by atoms with Crippen LogP contribution >= 0.6 is 0 Å². The van der Waals surface area contributed by atoms with Gasteiger partial charge in [-0.25, -0.2) is 0 Å². The Kier molecular flexibility index (Phi) is 3.78. The first-order valence-electron chi connectivity index (χ1n) is 8.00. The summed E-state index contributed by atoms with van der Waals surface area (Å²) < 4.78 is 3.63. The van der Waals surface area contributed by atoms with Crippen molar-refractivity contribution in [1.82, 2.24) is 19.3 Å². The molecule has 6 nitrogen and oxygen atoms in total. The van der Waals surface area contributed by atoms with Crippen LogP contribution in [0.15, 0.2) is 67.0 Å². The quantitative estimate of drug-likeness (QED) is 0.625. The number of amides is 1. The van der Waals surface area contributed by atoms with Crippen LogP contribution in [0, 0.1) is 0 Å². The van der Waals surface area contributed by atoms with E-state index in [9.17, 15) is 4.79 Å².